The first-order valence-corrected chi connectivity index (χ1v) is 5.77. The molecule has 0 amide bonds. The van der Waals surface area contributed by atoms with Crippen LogP contribution in [0.4, 0.5) is 0 Å². The summed E-state index contributed by atoms with van der Waals surface area (Å²) in [6, 6.07) is 11.1. The molecule has 2 rings (SSSR count). The predicted molar refractivity (Wildman–Crippen MR) is 67.3 cm³/mol. The third-order valence-electron chi connectivity index (χ3n) is 2.87. The lowest BCUT2D eigenvalue weighted by Gasteiger charge is -2.23. The van der Waals surface area contributed by atoms with E-state index in [0.29, 0.717) is 11.4 Å². The molecule has 0 bridgehead atoms. The minimum atomic E-state index is -0.657. The fraction of sp³-hybridized carbons (Fsp3) is 0.214. The van der Waals surface area contributed by atoms with Gasteiger partial charge in [-0.2, -0.15) is 0 Å². The molecule has 0 saturated carbocycles. The van der Waals surface area contributed by atoms with Gasteiger partial charge in [-0.05, 0) is 30.7 Å². The highest BCUT2D eigenvalue weighted by atomic mass is 35.5. The van der Waals surface area contributed by atoms with Crippen molar-refractivity contribution < 1.29 is 9.21 Å². The molecule has 17 heavy (non-hydrogen) atoms. The highest BCUT2D eigenvalue weighted by Gasteiger charge is 2.29. The molecule has 0 aliphatic rings. The summed E-state index contributed by atoms with van der Waals surface area (Å²) in [4.78, 5) is 11.4. The van der Waals surface area contributed by atoms with Crippen LogP contribution in [0.15, 0.2) is 47.1 Å². The fourth-order valence-corrected chi connectivity index (χ4v) is 2.25. The van der Waals surface area contributed by atoms with Crippen molar-refractivity contribution in [2.75, 3.05) is 0 Å². The molecule has 1 unspecified atom stereocenters. The standard InChI is InChI=1S/C14H13ClO2/c1-14(10-16,9-11-5-4-8-17-11)12-6-2-3-7-13(12)15/h2-8,10H,9H2,1H3. The zero-order valence-corrected chi connectivity index (χ0v) is 10.3. The Morgan fingerprint density at radius 1 is 1.29 bits per heavy atom. The summed E-state index contributed by atoms with van der Waals surface area (Å²) in [5.74, 6) is 0.777. The topological polar surface area (TPSA) is 30.2 Å². The molecule has 2 aromatic rings. The second kappa shape index (κ2) is 4.76. The van der Waals surface area contributed by atoms with E-state index < -0.39 is 5.41 Å². The molecule has 2 nitrogen and oxygen atoms in total. The summed E-state index contributed by atoms with van der Waals surface area (Å²) < 4.78 is 5.29. The van der Waals surface area contributed by atoms with Crippen molar-refractivity contribution in [2.24, 2.45) is 0 Å². The Labute approximate surface area is 105 Å². The predicted octanol–water partition coefficient (Wildman–Crippen LogP) is 3.63. The van der Waals surface area contributed by atoms with Gasteiger partial charge in [-0.15, -0.1) is 0 Å². The van der Waals surface area contributed by atoms with Crippen LogP contribution in [-0.4, -0.2) is 6.29 Å². The number of furan rings is 1. The van der Waals surface area contributed by atoms with Crippen LogP contribution in [0, 0.1) is 0 Å². The van der Waals surface area contributed by atoms with E-state index in [2.05, 4.69) is 0 Å². The van der Waals surface area contributed by atoms with Crippen LogP contribution < -0.4 is 0 Å². The minimum Gasteiger partial charge on any atom is -0.469 e. The first-order chi connectivity index (χ1) is 8.15. The maximum Gasteiger partial charge on any atom is 0.130 e. The lowest BCUT2D eigenvalue weighted by molar-refractivity contribution is -0.112. The highest BCUT2D eigenvalue weighted by molar-refractivity contribution is 6.31. The molecular weight excluding hydrogens is 236 g/mol. The molecule has 1 aromatic heterocycles. The summed E-state index contributed by atoms with van der Waals surface area (Å²) >= 11 is 6.14. The van der Waals surface area contributed by atoms with E-state index in [-0.39, 0.29) is 0 Å². The molecule has 1 aromatic carbocycles. The molecule has 0 spiro atoms. The van der Waals surface area contributed by atoms with Crippen molar-refractivity contribution in [1.29, 1.82) is 0 Å². The molecule has 88 valence electrons. The minimum absolute atomic E-state index is 0.507. The smallest absolute Gasteiger partial charge is 0.130 e. The summed E-state index contributed by atoms with van der Waals surface area (Å²) in [6.07, 6.45) is 3.04. The SMILES string of the molecule is CC(C=O)(Cc1ccco1)c1ccccc1Cl. The van der Waals surface area contributed by atoms with Gasteiger partial charge in [-0.25, -0.2) is 0 Å². The van der Waals surface area contributed by atoms with Crippen LogP contribution in [0.2, 0.25) is 5.02 Å². The molecule has 0 saturated heterocycles. The van der Waals surface area contributed by atoms with Crippen molar-refractivity contribution in [3.8, 4) is 0 Å². The van der Waals surface area contributed by atoms with Gasteiger partial charge in [0, 0.05) is 11.4 Å². The summed E-state index contributed by atoms with van der Waals surface area (Å²) in [5, 5.41) is 0.605. The van der Waals surface area contributed by atoms with Crippen LogP contribution >= 0.6 is 11.6 Å². The lowest BCUT2D eigenvalue weighted by atomic mass is 9.80. The van der Waals surface area contributed by atoms with E-state index >= 15 is 0 Å². The largest absolute Gasteiger partial charge is 0.469 e. The van der Waals surface area contributed by atoms with Crippen molar-refractivity contribution in [3.63, 3.8) is 0 Å². The number of halogens is 1. The number of rotatable bonds is 4. The van der Waals surface area contributed by atoms with Gasteiger partial charge in [0.25, 0.3) is 0 Å². The van der Waals surface area contributed by atoms with Crippen molar-refractivity contribution in [1.82, 2.24) is 0 Å². The van der Waals surface area contributed by atoms with E-state index in [1.54, 1.807) is 12.3 Å². The average Bonchev–Trinajstić information content (AvgIpc) is 2.82. The number of aldehydes is 1. The molecular formula is C14H13ClO2. The Hall–Kier alpha value is -1.54. The van der Waals surface area contributed by atoms with E-state index in [0.717, 1.165) is 17.6 Å². The van der Waals surface area contributed by atoms with Crippen molar-refractivity contribution in [3.05, 3.63) is 59.0 Å². The third kappa shape index (κ3) is 2.42. The molecule has 0 N–H and O–H groups in total. The van der Waals surface area contributed by atoms with Crippen LogP contribution in [0.5, 0.6) is 0 Å². The van der Waals surface area contributed by atoms with Crippen molar-refractivity contribution in [2.45, 2.75) is 18.8 Å². The van der Waals surface area contributed by atoms with Gasteiger partial charge in [-0.3, -0.25) is 0 Å². The van der Waals surface area contributed by atoms with Gasteiger partial charge >= 0.3 is 0 Å². The van der Waals surface area contributed by atoms with Crippen LogP contribution in [0.1, 0.15) is 18.2 Å². The first kappa shape index (κ1) is 11.9. The lowest BCUT2D eigenvalue weighted by Crippen LogP contribution is -2.27. The van der Waals surface area contributed by atoms with Gasteiger partial charge in [0.1, 0.15) is 12.0 Å². The van der Waals surface area contributed by atoms with Crippen LogP contribution in [0.3, 0.4) is 0 Å². The quantitative estimate of drug-likeness (QED) is 0.774. The molecule has 0 aliphatic heterocycles. The van der Waals surface area contributed by atoms with Crippen molar-refractivity contribution >= 4 is 17.9 Å². The number of carbonyl (C=O) groups excluding carboxylic acids is 1. The number of hydrogen-bond donors (Lipinski definition) is 0. The van der Waals surface area contributed by atoms with Gasteiger partial charge in [0.05, 0.1) is 11.7 Å². The monoisotopic (exact) mass is 248 g/mol. The van der Waals surface area contributed by atoms with E-state index in [4.69, 9.17) is 16.0 Å². The Kier molecular flexibility index (Phi) is 3.34. The van der Waals surface area contributed by atoms with E-state index in [1.165, 1.54) is 0 Å². The highest BCUT2D eigenvalue weighted by Crippen LogP contribution is 2.31. The zero-order valence-electron chi connectivity index (χ0n) is 9.52. The van der Waals surface area contributed by atoms with Gasteiger partial charge in [0.2, 0.25) is 0 Å². The molecule has 0 aliphatic carbocycles. The Morgan fingerprint density at radius 3 is 2.65 bits per heavy atom. The second-order valence-electron chi connectivity index (χ2n) is 4.27. The summed E-state index contributed by atoms with van der Waals surface area (Å²) in [7, 11) is 0. The number of benzene rings is 1. The number of hydrogen-bond acceptors (Lipinski definition) is 2. The molecule has 1 heterocycles. The fourth-order valence-electron chi connectivity index (χ4n) is 1.90. The van der Waals surface area contributed by atoms with E-state index in [9.17, 15) is 4.79 Å². The van der Waals surface area contributed by atoms with Gasteiger partial charge in [-0.1, -0.05) is 29.8 Å². The van der Waals surface area contributed by atoms with Crippen LogP contribution in [0.25, 0.3) is 0 Å². The average molecular weight is 249 g/mol. The Morgan fingerprint density at radius 2 is 2.06 bits per heavy atom. The first-order valence-electron chi connectivity index (χ1n) is 5.39. The molecule has 1 atom stereocenters. The number of carbonyl (C=O) groups is 1. The molecule has 3 heteroatoms. The van der Waals surface area contributed by atoms with E-state index in [1.807, 2.05) is 37.3 Å². The maximum absolute atomic E-state index is 11.4. The van der Waals surface area contributed by atoms with Gasteiger partial charge < -0.3 is 9.21 Å². The summed E-state index contributed by atoms with van der Waals surface area (Å²) in [6.45, 7) is 1.86. The summed E-state index contributed by atoms with van der Waals surface area (Å²) in [5.41, 5.74) is 0.170. The molecule has 0 radical (unpaired) electrons. The third-order valence-corrected chi connectivity index (χ3v) is 3.20. The Bertz CT molecular complexity index is 505. The second-order valence-corrected chi connectivity index (χ2v) is 4.68. The molecule has 0 fully saturated rings. The maximum atomic E-state index is 11.4. The zero-order chi connectivity index (χ0) is 12.3. The normalized spacial score (nSPS) is 14.2. The Balaban J connectivity index is 2.37. The van der Waals surface area contributed by atoms with Crippen LogP contribution in [-0.2, 0) is 16.6 Å². The van der Waals surface area contributed by atoms with Gasteiger partial charge in [0.15, 0.2) is 0 Å².